The highest BCUT2D eigenvalue weighted by molar-refractivity contribution is 14.2. The lowest BCUT2D eigenvalue weighted by atomic mass is 10.6. The molecule has 8 heavy (non-hydrogen) atoms. The zero-order chi connectivity index (χ0) is 5.98. The summed E-state index contributed by atoms with van der Waals surface area (Å²) in [5, 5.41) is 0. The number of allylic oxidation sites excluding steroid dienone is 2. The summed E-state index contributed by atoms with van der Waals surface area (Å²) in [6.07, 6.45) is 3.75. The first-order valence-electron chi connectivity index (χ1n) is 1.97. The molecule has 2 nitrogen and oxygen atoms in total. The van der Waals surface area contributed by atoms with Crippen molar-refractivity contribution in [1.29, 1.82) is 0 Å². The Hall–Kier alpha value is 0.290. The standard InChI is InChI=1S/C4H4BrIN2/c5-3-1-2-4(7)6-8-3/h1-2H,7H2. The van der Waals surface area contributed by atoms with E-state index in [9.17, 15) is 0 Å². The molecule has 1 aliphatic rings. The number of hydrogen-bond donors (Lipinski definition) is 1. The van der Waals surface area contributed by atoms with Crippen LogP contribution in [0.1, 0.15) is 0 Å². The van der Waals surface area contributed by atoms with E-state index in [2.05, 4.69) is 19.1 Å². The fourth-order valence-electron chi connectivity index (χ4n) is 0.294. The summed E-state index contributed by atoms with van der Waals surface area (Å²) in [5.41, 5.74) is 5.45. The van der Waals surface area contributed by atoms with E-state index in [-0.39, 0.29) is 21.0 Å². The van der Waals surface area contributed by atoms with Gasteiger partial charge in [0.1, 0.15) is 4.61 Å². The first-order valence-corrected chi connectivity index (χ1v) is 4.81. The van der Waals surface area contributed by atoms with Crippen molar-refractivity contribution in [1.82, 2.24) is 0 Å². The molecule has 0 spiro atoms. The largest absolute Gasteiger partial charge is 0.393 e. The van der Waals surface area contributed by atoms with Gasteiger partial charge in [0, 0.05) is 0 Å². The van der Waals surface area contributed by atoms with Crippen molar-refractivity contribution in [3.63, 3.8) is 0 Å². The Labute approximate surface area is 66.1 Å². The highest BCUT2D eigenvalue weighted by Crippen LogP contribution is 2.23. The maximum absolute atomic E-state index is 5.45. The van der Waals surface area contributed by atoms with Crippen LogP contribution in [0.3, 0.4) is 0 Å². The zero-order valence-corrected chi connectivity index (χ0v) is 7.68. The van der Waals surface area contributed by atoms with E-state index in [1.807, 2.05) is 12.2 Å². The molecule has 44 valence electrons. The normalized spacial score (nSPS) is 18.6. The van der Waals surface area contributed by atoms with Gasteiger partial charge in [-0.3, -0.25) is 0 Å². The molecular formula is C4H4BrIN2. The van der Waals surface area contributed by atoms with Gasteiger partial charge in [-0.2, -0.15) is 0 Å². The Bertz CT molecular complexity index is 162. The fraction of sp³-hybridized carbons (Fsp3) is 0. The minimum absolute atomic E-state index is 0.240. The van der Waals surface area contributed by atoms with Gasteiger partial charge in [0.15, 0.2) is 0 Å². The average Bonchev–Trinajstić information content (AvgIpc) is 1.77. The fourth-order valence-corrected chi connectivity index (χ4v) is 1.89. The molecule has 0 aliphatic carbocycles. The van der Waals surface area contributed by atoms with E-state index in [1.165, 1.54) is 0 Å². The summed E-state index contributed by atoms with van der Waals surface area (Å²) in [4.78, 5) is 0. The van der Waals surface area contributed by atoms with Crippen molar-refractivity contribution >= 4 is 37.0 Å². The molecular weight excluding hydrogens is 283 g/mol. The van der Waals surface area contributed by atoms with Gasteiger partial charge >= 0.3 is 0 Å². The van der Waals surface area contributed by atoms with Crippen LogP contribution < -0.4 is 5.73 Å². The molecule has 0 aromatic heterocycles. The second-order valence-electron chi connectivity index (χ2n) is 1.21. The lowest BCUT2D eigenvalue weighted by molar-refractivity contribution is 1.54. The topological polar surface area (TPSA) is 38.4 Å². The monoisotopic (exact) mass is 286 g/mol. The molecule has 1 aliphatic heterocycles. The third kappa shape index (κ3) is 1.66. The van der Waals surface area contributed by atoms with E-state index in [0.717, 1.165) is 8.31 Å². The molecule has 0 saturated carbocycles. The summed E-state index contributed by atoms with van der Waals surface area (Å²) in [6.45, 7) is 0. The van der Waals surface area contributed by atoms with Crippen molar-refractivity contribution in [2.24, 2.45) is 8.88 Å². The summed E-state index contributed by atoms with van der Waals surface area (Å²) in [5.74, 6) is 0. The summed E-state index contributed by atoms with van der Waals surface area (Å²) < 4.78 is 5.94. The van der Waals surface area contributed by atoms with E-state index in [4.69, 9.17) is 5.73 Å². The Morgan fingerprint density at radius 3 is 2.75 bits per heavy atom. The molecule has 0 atom stereocenters. The van der Waals surface area contributed by atoms with Crippen LogP contribution in [0.15, 0.2) is 23.6 Å². The number of nitrogens with zero attached hydrogens (tertiary/aromatic N) is 1. The summed E-state index contributed by atoms with van der Waals surface area (Å²) in [7, 11) is 0. The smallest absolute Gasteiger partial charge is 0.112 e. The van der Waals surface area contributed by atoms with Crippen LogP contribution in [0, 0.1) is 0 Å². The van der Waals surface area contributed by atoms with E-state index in [1.54, 1.807) is 0 Å². The van der Waals surface area contributed by atoms with Gasteiger partial charge < -0.3 is 5.73 Å². The quantitative estimate of drug-likeness (QED) is 0.538. The molecule has 0 fully saturated rings. The second-order valence-corrected chi connectivity index (χ2v) is 4.23. The highest BCUT2D eigenvalue weighted by Gasteiger charge is 1.91. The summed E-state index contributed by atoms with van der Waals surface area (Å²) in [6, 6.07) is 0. The molecule has 0 bridgehead atoms. The maximum atomic E-state index is 5.45. The number of rotatable bonds is 0. The first-order chi connectivity index (χ1) is 3.79. The number of nitrogens with two attached hydrogens (primary N) is 1. The van der Waals surface area contributed by atoms with Crippen molar-refractivity contribution in [3.05, 3.63) is 20.5 Å². The van der Waals surface area contributed by atoms with Gasteiger partial charge in [-0.05, 0) is 28.1 Å². The van der Waals surface area contributed by atoms with Crippen LogP contribution in [0.4, 0.5) is 0 Å². The zero-order valence-electron chi connectivity index (χ0n) is 3.94. The van der Waals surface area contributed by atoms with E-state index < -0.39 is 0 Å². The second kappa shape index (κ2) is 2.72. The third-order valence-electron chi connectivity index (χ3n) is 0.601. The van der Waals surface area contributed by atoms with Crippen LogP contribution in [-0.2, 0) is 0 Å². The van der Waals surface area contributed by atoms with Crippen molar-refractivity contribution in [2.45, 2.75) is 0 Å². The molecule has 0 radical (unpaired) electrons. The Morgan fingerprint density at radius 2 is 2.38 bits per heavy atom. The van der Waals surface area contributed by atoms with Crippen molar-refractivity contribution in [2.75, 3.05) is 0 Å². The predicted octanol–water partition coefficient (Wildman–Crippen LogP) is 2.19. The molecule has 1 heterocycles. The van der Waals surface area contributed by atoms with Gasteiger partial charge in [0.2, 0.25) is 0 Å². The lowest BCUT2D eigenvalue weighted by Crippen LogP contribution is -1.87. The van der Waals surface area contributed by atoms with Crippen molar-refractivity contribution < 1.29 is 0 Å². The SMILES string of the molecule is NC1=CC=C(Br)N=I1. The Balaban J connectivity index is 2.86. The lowest BCUT2D eigenvalue weighted by Gasteiger charge is -1.93. The van der Waals surface area contributed by atoms with Crippen molar-refractivity contribution in [3.8, 4) is 0 Å². The van der Waals surface area contributed by atoms with Gasteiger partial charge in [0.25, 0.3) is 0 Å². The number of halogens is 2. The average molecular weight is 287 g/mol. The van der Waals surface area contributed by atoms with E-state index in [0.29, 0.717) is 0 Å². The molecule has 0 aromatic rings. The Kier molecular flexibility index (Phi) is 2.18. The van der Waals surface area contributed by atoms with Crippen LogP contribution >= 0.6 is 37.0 Å². The molecule has 4 heteroatoms. The minimum atomic E-state index is -0.240. The van der Waals surface area contributed by atoms with Crippen LogP contribution in [-0.4, -0.2) is 0 Å². The predicted molar refractivity (Wildman–Crippen MR) is 45.7 cm³/mol. The van der Waals surface area contributed by atoms with Gasteiger partial charge in [-0.1, -0.05) is 0 Å². The number of hydrogen-bond acceptors (Lipinski definition) is 2. The maximum Gasteiger partial charge on any atom is 0.112 e. The summed E-state index contributed by atoms with van der Waals surface area (Å²) >= 11 is 3.00. The third-order valence-corrected chi connectivity index (χ3v) is 3.38. The Morgan fingerprint density at radius 1 is 1.62 bits per heavy atom. The highest BCUT2D eigenvalue weighted by atomic mass is 127. The molecule has 1 rings (SSSR count). The van der Waals surface area contributed by atoms with Crippen LogP contribution in [0.2, 0.25) is 0 Å². The minimum Gasteiger partial charge on any atom is -0.393 e. The molecule has 0 amide bonds. The van der Waals surface area contributed by atoms with Gasteiger partial charge in [0.05, 0.1) is 24.7 Å². The molecule has 0 aromatic carbocycles. The van der Waals surface area contributed by atoms with E-state index >= 15 is 0 Å². The van der Waals surface area contributed by atoms with Gasteiger partial charge in [-0.15, -0.1) is 0 Å². The first kappa shape index (κ1) is 6.41. The molecule has 0 saturated heterocycles. The van der Waals surface area contributed by atoms with Crippen LogP contribution in [0.25, 0.3) is 0 Å². The van der Waals surface area contributed by atoms with Gasteiger partial charge in [-0.25, -0.2) is 3.15 Å². The molecule has 0 unspecified atom stereocenters. The molecule has 2 N–H and O–H groups in total. The van der Waals surface area contributed by atoms with Crippen LogP contribution in [0.5, 0.6) is 0 Å².